The van der Waals surface area contributed by atoms with Crippen molar-refractivity contribution >= 4 is 36.7 Å². The molecule has 0 radical (unpaired) electrons. The maximum Gasteiger partial charge on any atom is 0.342 e. The van der Waals surface area contributed by atoms with E-state index < -0.39 is 49.6 Å². The van der Waals surface area contributed by atoms with E-state index in [1.165, 1.54) is 7.11 Å². The average molecular weight is 796 g/mol. The van der Waals surface area contributed by atoms with Crippen LogP contribution in [0.3, 0.4) is 0 Å². The van der Waals surface area contributed by atoms with E-state index in [9.17, 15) is 14.7 Å². The number of aromatic nitrogens is 4. The molecule has 2 aromatic heterocycles. The number of benzene rings is 2. The van der Waals surface area contributed by atoms with Gasteiger partial charge in [-0.05, 0) is 49.7 Å². The Bertz CT molecular complexity index is 1900. The van der Waals surface area contributed by atoms with Gasteiger partial charge in [0, 0.05) is 6.42 Å². The lowest BCUT2D eigenvalue weighted by atomic mass is 10.0. The van der Waals surface area contributed by atoms with Crippen LogP contribution in [0.5, 0.6) is 5.88 Å². The monoisotopic (exact) mass is 795 g/mol. The third-order valence-corrected chi connectivity index (χ3v) is 11.0. The molecule has 5 N–H and O–H groups in total. The smallest absolute Gasteiger partial charge is 0.342 e. The summed E-state index contributed by atoms with van der Waals surface area (Å²) in [6.45, 7) is 10.7. The largest absolute Gasteiger partial charge is 0.479 e. The van der Waals surface area contributed by atoms with E-state index in [0.29, 0.717) is 17.0 Å². The number of methoxy groups -OCH3 is 1. The summed E-state index contributed by atoms with van der Waals surface area (Å²) < 4.78 is 46.0. The Morgan fingerprint density at radius 1 is 0.929 bits per heavy atom. The van der Waals surface area contributed by atoms with Crippen molar-refractivity contribution in [2.45, 2.75) is 104 Å². The van der Waals surface area contributed by atoms with Gasteiger partial charge in [0.2, 0.25) is 11.8 Å². The predicted octanol–water partition coefficient (Wildman–Crippen LogP) is 5.38. The molecule has 16 nitrogen and oxygen atoms in total. The number of nitrogens with zero attached hydrogens (tertiary/aromatic N) is 4. The molecular weight excluding hydrogens is 741 g/mol. The minimum absolute atomic E-state index is 0.00744. The number of hydrogen-bond donors (Lipinski definition) is 4. The van der Waals surface area contributed by atoms with Gasteiger partial charge in [0.25, 0.3) is 0 Å². The van der Waals surface area contributed by atoms with Crippen LogP contribution >= 0.6 is 7.67 Å². The second-order valence-corrected chi connectivity index (χ2v) is 17.0. The molecule has 2 aromatic carbocycles. The fourth-order valence-corrected chi connectivity index (χ4v) is 8.43. The third kappa shape index (κ3) is 11.1. The van der Waals surface area contributed by atoms with Crippen molar-refractivity contribution in [1.29, 1.82) is 0 Å². The number of rotatable bonds is 19. The maximum atomic E-state index is 15.1. The van der Waals surface area contributed by atoms with E-state index in [0.717, 1.165) is 11.1 Å². The van der Waals surface area contributed by atoms with Crippen molar-refractivity contribution in [3.63, 3.8) is 0 Å². The van der Waals surface area contributed by atoms with Crippen LogP contribution < -0.4 is 20.6 Å². The summed E-state index contributed by atoms with van der Waals surface area (Å²) in [5.41, 5.74) is 6.69. The van der Waals surface area contributed by atoms with Crippen LogP contribution in [0, 0.1) is 18.8 Å². The topological polar surface area (TPSA) is 211 Å². The van der Waals surface area contributed by atoms with Crippen molar-refractivity contribution in [2.24, 2.45) is 11.8 Å². The van der Waals surface area contributed by atoms with E-state index in [2.05, 4.69) is 25.1 Å². The summed E-state index contributed by atoms with van der Waals surface area (Å²) in [6.07, 6.45) is -1.28. The zero-order valence-electron chi connectivity index (χ0n) is 33.0. The summed E-state index contributed by atoms with van der Waals surface area (Å²) in [4.78, 5) is 40.3. The van der Waals surface area contributed by atoms with Crippen LogP contribution in [0.25, 0.3) is 11.2 Å². The first kappa shape index (κ1) is 42.7. The van der Waals surface area contributed by atoms with E-state index in [-0.39, 0.29) is 62.7 Å². The number of carbonyl (C=O) groups excluding carboxylic acids is 2. The first-order valence-electron chi connectivity index (χ1n) is 18.7. The van der Waals surface area contributed by atoms with Gasteiger partial charge in [0.1, 0.15) is 36.7 Å². The highest BCUT2D eigenvalue weighted by Gasteiger charge is 2.48. The van der Waals surface area contributed by atoms with Gasteiger partial charge >= 0.3 is 19.6 Å². The van der Waals surface area contributed by atoms with Gasteiger partial charge in [-0.3, -0.25) is 18.7 Å². The first-order valence-corrected chi connectivity index (χ1v) is 20.3. The van der Waals surface area contributed by atoms with Gasteiger partial charge < -0.3 is 34.3 Å². The van der Waals surface area contributed by atoms with Gasteiger partial charge in [0.05, 0.1) is 19.8 Å². The highest BCUT2D eigenvalue weighted by atomic mass is 31.2. The van der Waals surface area contributed by atoms with Crippen LogP contribution in [0.1, 0.15) is 77.1 Å². The predicted molar refractivity (Wildman–Crippen MR) is 209 cm³/mol. The Morgan fingerprint density at radius 3 is 1.93 bits per heavy atom. The second kappa shape index (κ2) is 18.7. The zero-order valence-corrected chi connectivity index (χ0v) is 33.9. The van der Waals surface area contributed by atoms with E-state index >= 15 is 4.57 Å². The number of ether oxygens (including phenoxy) is 4. The average Bonchev–Trinajstić information content (AvgIpc) is 3.64. The molecule has 0 spiro atoms. The molecule has 0 amide bonds. The molecular formula is C39H54N7O9P. The highest BCUT2D eigenvalue weighted by molar-refractivity contribution is 7.54. The number of fused-ring (bicyclic) bond motifs is 1. The van der Waals surface area contributed by atoms with E-state index in [4.69, 9.17) is 29.2 Å². The molecule has 5 unspecified atom stereocenters. The molecule has 1 saturated heterocycles. The van der Waals surface area contributed by atoms with E-state index in [1.54, 1.807) is 18.4 Å². The Balaban J connectivity index is 1.41. The zero-order chi connectivity index (χ0) is 40.6. The number of hydrogen-bond acceptors (Lipinski definition) is 13. The summed E-state index contributed by atoms with van der Waals surface area (Å²) in [5.74, 6) is -0.754. The molecule has 3 heterocycles. The molecule has 0 aliphatic carbocycles. The van der Waals surface area contributed by atoms with Crippen LogP contribution in [0.15, 0.2) is 60.7 Å². The molecule has 1 aliphatic rings. The van der Waals surface area contributed by atoms with Gasteiger partial charge in [0.15, 0.2) is 17.4 Å². The first-order chi connectivity index (χ1) is 26.6. The van der Waals surface area contributed by atoms with Gasteiger partial charge in [-0.1, -0.05) is 88.4 Å². The molecule has 1 aliphatic heterocycles. The number of imidazole rings is 1. The number of aryl methyl sites for hydroxylation is 1. The molecule has 304 valence electrons. The SMILES string of the molecule is COc1nc(N)nc2c1nc(C)n2C1OC(COP(=O)(NC(CC(C)C)C(=O)OCc2ccccc2)NC(CC(C)C)C(=O)OCc2ccccc2)CC1(C)O. The maximum absolute atomic E-state index is 15.1. The van der Waals surface area contributed by atoms with Gasteiger partial charge in [-0.2, -0.15) is 9.97 Å². The van der Waals surface area contributed by atoms with Gasteiger partial charge in [-0.25, -0.2) is 15.2 Å². The van der Waals surface area contributed by atoms with Crippen molar-refractivity contribution < 1.29 is 42.7 Å². The van der Waals surface area contributed by atoms with Crippen LogP contribution in [0.2, 0.25) is 0 Å². The van der Waals surface area contributed by atoms with Crippen LogP contribution in [-0.4, -0.2) is 74.1 Å². The summed E-state index contributed by atoms with van der Waals surface area (Å²) in [7, 11) is -2.88. The standard InChI is InChI=1S/C39H54N7O9P/c1-24(2)18-30(35(47)52-21-27-14-10-8-11-15-27)44-56(50,45-31(19-25(3)4)36(48)53-22-28-16-12-9-13-17-28)54-23-29-20-39(6,49)37(55-29)46-26(5)41-32-33(46)42-38(40)43-34(32)51-7/h8-17,24-25,29-31,37,49H,18-23H2,1-7H3,(H2,40,42,43)(H2,44,45,50). The number of nitrogen functional groups attached to an aromatic ring is 1. The lowest BCUT2D eigenvalue weighted by Gasteiger charge is -2.30. The summed E-state index contributed by atoms with van der Waals surface area (Å²) in [6, 6.07) is 16.3. The van der Waals surface area contributed by atoms with Crippen molar-refractivity contribution in [2.75, 3.05) is 19.5 Å². The summed E-state index contributed by atoms with van der Waals surface area (Å²) >= 11 is 0. The Labute approximate surface area is 327 Å². The normalized spacial score (nSPS) is 20.5. The van der Waals surface area contributed by atoms with Crippen molar-refractivity contribution in [3.8, 4) is 5.88 Å². The Kier molecular flexibility index (Phi) is 14.2. The molecule has 56 heavy (non-hydrogen) atoms. The number of nitrogens with two attached hydrogens (primary N) is 1. The molecule has 0 bridgehead atoms. The minimum atomic E-state index is -4.32. The number of aliphatic hydroxyl groups is 1. The van der Waals surface area contributed by atoms with Gasteiger partial charge in [-0.15, -0.1) is 0 Å². The quantitative estimate of drug-likeness (QED) is 0.0693. The molecule has 1 fully saturated rings. The Morgan fingerprint density at radius 2 is 1.45 bits per heavy atom. The third-order valence-electron chi connectivity index (χ3n) is 9.15. The Hall–Kier alpha value is -4.44. The van der Waals surface area contributed by atoms with Crippen LogP contribution in [0.4, 0.5) is 5.95 Å². The van der Waals surface area contributed by atoms with Crippen molar-refractivity contribution in [1.82, 2.24) is 29.7 Å². The number of carbonyl (C=O) groups is 2. The van der Waals surface area contributed by atoms with Crippen molar-refractivity contribution in [3.05, 3.63) is 77.6 Å². The highest BCUT2D eigenvalue weighted by Crippen LogP contribution is 2.45. The summed E-state index contributed by atoms with van der Waals surface area (Å²) in [5, 5.41) is 17.5. The second-order valence-electron chi connectivity index (χ2n) is 15.1. The minimum Gasteiger partial charge on any atom is -0.479 e. The molecule has 17 heteroatoms. The molecule has 0 saturated carbocycles. The lowest BCUT2D eigenvalue weighted by Crippen LogP contribution is -2.45. The number of esters is 2. The van der Waals surface area contributed by atoms with E-state index in [1.807, 2.05) is 88.4 Å². The van der Waals surface area contributed by atoms with Crippen LogP contribution in [-0.2, 0) is 46.1 Å². The lowest BCUT2D eigenvalue weighted by molar-refractivity contribution is -0.147. The molecule has 5 rings (SSSR count). The number of anilines is 1. The molecule has 4 aromatic rings. The fourth-order valence-electron chi connectivity index (χ4n) is 6.59. The molecule has 5 atom stereocenters. The number of nitrogens with one attached hydrogen (secondary N) is 2. The fraction of sp³-hybridized carbons (Fsp3) is 0.513.